The van der Waals surface area contributed by atoms with Crippen molar-refractivity contribution in [2.75, 3.05) is 25.1 Å². The van der Waals surface area contributed by atoms with Gasteiger partial charge in [-0.15, -0.1) is 0 Å². The molecule has 82 valence electrons. The Balaban J connectivity index is 4.14. The molecule has 1 atom stereocenters. The first-order valence-electron chi connectivity index (χ1n) is 4.58. The Morgan fingerprint density at radius 3 is 2.57 bits per heavy atom. The van der Waals surface area contributed by atoms with Crippen molar-refractivity contribution in [3.63, 3.8) is 0 Å². The van der Waals surface area contributed by atoms with Crippen LogP contribution in [0.4, 0.5) is 0 Å². The van der Waals surface area contributed by atoms with Crippen molar-refractivity contribution in [2.24, 2.45) is 11.7 Å². The lowest BCUT2D eigenvalue weighted by Gasteiger charge is -2.23. The molecule has 0 aromatic rings. The molecule has 0 fully saturated rings. The summed E-state index contributed by atoms with van der Waals surface area (Å²) in [4.78, 5) is 13.8. The van der Waals surface area contributed by atoms with Crippen LogP contribution < -0.4 is 5.73 Å². The van der Waals surface area contributed by atoms with E-state index < -0.39 is 0 Å². The van der Waals surface area contributed by atoms with Crippen molar-refractivity contribution in [2.45, 2.75) is 13.8 Å². The van der Waals surface area contributed by atoms with E-state index in [0.29, 0.717) is 23.8 Å². The van der Waals surface area contributed by atoms with Crippen molar-refractivity contribution in [1.82, 2.24) is 4.90 Å². The largest absolute Gasteiger partial charge is 0.393 e. The summed E-state index contributed by atoms with van der Waals surface area (Å²) in [5.74, 6) is 0.775. The topological polar surface area (TPSA) is 46.3 Å². The smallest absolute Gasteiger partial charge is 0.232 e. The minimum atomic E-state index is 0.0933. The summed E-state index contributed by atoms with van der Waals surface area (Å²) in [6.07, 6.45) is 1.92. The van der Waals surface area contributed by atoms with Gasteiger partial charge in [-0.1, -0.05) is 19.1 Å². The number of amides is 1. The molecule has 0 rings (SSSR count). The monoisotopic (exact) mass is 234 g/mol. The maximum absolute atomic E-state index is 11.6. The number of hydrogen-bond donors (Lipinski definition) is 1. The molecule has 0 aromatic heterocycles. The van der Waals surface area contributed by atoms with Crippen LogP contribution in [0.15, 0.2) is 0 Å². The Hall–Kier alpha value is -0.290. The molecular formula is C9H18N2OS2. The summed E-state index contributed by atoms with van der Waals surface area (Å²) >= 11 is 6.40. The summed E-state index contributed by atoms with van der Waals surface area (Å²) in [5, 5.41) is 0. The van der Waals surface area contributed by atoms with Crippen LogP contribution >= 0.6 is 24.0 Å². The van der Waals surface area contributed by atoms with Gasteiger partial charge in [0.2, 0.25) is 5.91 Å². The zero-order chi connectivity index (χ0) is 11.1. The van der Waals surface area contributed by atoms with E-state index in [1.807, 2.05) is 20.1 Å². The second-order valence-corrected chi connectivity index (χ2v) is 4.51. The zero-order valence-corrected chi connectivity index (χ0v) is 10.6. The van der Waals surface area contributed by atoms with Gasteiger partial charge in [0.15, 0.2) is 0 Å². The van der Waals surface area contributed by atoms with Gasteiger partial charge in [0, 0.05) is 19.0 Å². The third-order valence-corrected chi connectivity index (χ3v) is 2.92. The van der Waals surface area contributed by atoms with Gasteiger partial charge in [0.25, 0.3) is 0 Å². The van der Waals surface area contributed by atoms with Crippen molar-refractivity contribution in [1.29, 1.82) is 0 Å². The predicted molar refractivity (Wildman–Crippen MR) is 66.6 cm³/mol. The molecule has 0 aliphatic heterocycles. The first-order chi connectivity index (χ1) is 6.52. The second kappa shape index (κ2) is 7.06. The molecule has 14 heavy (non-hydrogen) atoms. The Labute approximate surface area is 95.4 Å². The van der Waals surface area contributed by atoms with Crippen LogP contribution in [0, 0.1) is 5.92 Å². The summed E-state index contributed by atoms with van der Waals surface area (Å²) in [6.45, 7) is 5.25. The third kappa shape index (κ3) is 4.81. The maximum Gasteiger partial charge on any atom is 0.232 e. The molecule has 3 nitrogen and oxygen atoms in total. The van der Waals surface area contributed by atoms with Gasteiger partial charge in [-0.2, -0.15) is 11.8 Å². The van der Waals surface area contributed by atoms with Crippen LogP contribution in [0.5, 0.6) is 0 Å². The van der Waals surface area contributed by atoms with E-state index in [4.69, 9.17) is 18.0 Å². The molecule has 0 aromatic carbocycles. The number of thioether (sulfide) groups is 1. The molecule has 0 saturated heterocycles. The van der Waals surface area contributed by atoms with E-state index in [0.717, 1.165) is 0 Å². The molecule has 5 heteroatoms. The van der Waals surface area contributed by atoms with Crippen molar-refractivity contribution >= 4 is 34.9 Å². The fraction of sp³-hybridized carbons (Fsp3) is 0.778. The molecule has 0 heterocycles. The number of thiocarbonyl (C=S) groups is 1. The molecule has 2 N–H and O–H groups in total. The highest BCUT2D eigenvalue weighted by atomic mass is 32.2. The molecule has 0 radical (unpaired) electrons. The number of nitrogens with two attached hydrogens (primary N) is 1. The molecule has 0 aliphatic carbocycles. The van der Waals surface area contributed by atoms with E-state index in [1.165, 1.54) is 11.8 Å². The summed E-state index contributed by atoms with van der Waals surface area (Å²) < 4.78 is 0. The molecule has 0 saturated carbocycles. The van der Waals surface area contributed by atoms with E-state index in [9.17, 15) is 4.79 Å². The fourth-order valence-electron chi connectivity index (χ4n) is 1.04. The number of carbonyl (C=O) groups is 1. The highest BCUT2D eigenvalue weighted by Crippen LogP contribution is 2.03. The average Bonchev–Trinajstić information content (AvgIpc) is 2.13. The molecule has 0 bridgehead atoms. The quantitative estimate of drug-likeness (QED) is 0.700. The normalized spacial score (nSPS) is 12.2. The maximum atomic E-state index is 11.6. The summed E-state index contributed by atoms with van der Waals surface area (Å²) in [6, 6.07) is 0. The predicted octanol–water partition coefficient (Wildman–Crippen LogP) is 1.12. The zero-order valence-electron chi connectivity index (χ0n) is 8.95. The highest BCUT2D eigenvalue weighted by Gasteiger charge is 2.15. The second-order valence-electron chi connectivity index (χ2n) is 3.17. The molecule has 1 unspecified atom stereocenters. The Kier molecular flexibility index (Phi) is 6.92. The van der Waals surface area contributed by atoms with E-state index in [1.54, 1.807) is 4.90 Å². The fourth-order valence-corrected chi connectivity index (χ4v) is 1.55. The lowest BCUT2D eigenvalue weighted by molar-refractivity contribution is -0.128. The first kappa shape index (κ1) is 13.7. The van der Waals surface area contributed by atoms with E-state index in [2.05, 4.69) is 0 Å². The van der Waals surface area contributed by atoms with Crippen LogP contribution in [-0.4, -0.2) is 40.9 Å². The average molecular weight is 234 g/mol. The minimum absolute atomic E-state index is 0.0933. The lowest BCUT2D eigenvalue weighted by atomic mass is 10.1. The van der Waals surface area contributed by atoms with E-state index >= 15 is 0 Å². The molecular weight excluding hydrogens is 216 g/mol. The Bertz CT molecular complexity index is 209. The van der Waals surface area contributed by atoms with Crippen LogP contribution in [0.25, 0.3) is 0 Å². The van der Waals surface area contributed by atoms with Crippen molar-refractivity contribution < 1.29 is 4.79 Å². The van der Waals surface area contributed by atoms with Gasteiger partial charge in [-0.25, -0.2) is 0 Å². The number of carbonyl (C=O) groups excluding carboxylic acids is 1. The van der Waals surface area contributed by atoms with Crippen LogP contribution in [0.3, 0.4) is 0 Å². The minimum Gasteiger partial charge on any atom is -0.393 e. The Morgan fingerprint density at radius 2 is 2.21 bits per heavy atom. The summed E-state index contributed by atoms with van der Waals surface area (Å²) in [5.41, 5.74) is 5.50. The number of nitrogens with zero attached hydrogens (tertiary/aromatic N) is 1. The number of hydrogen-bond acceptors (Lipinski definition) is 3. The first-order valence-corrected chi connectivity index (χ1v) is 6.39. The van der Waals surface area contributed by atoms with Gasteiger partial charge >= 0.3 is 0 Å². The van der Waals surface area contributed by atoms with Gasteiger partial charge in [-0.3, -0.25) is 4.79 Å². The standard InChI is InChI=1S/C9H18N2OS2/c1-4-11(8(12)6-14-3)5-7(2)9(10)13/h7H,4-6H2,1-3H3,(H2,10,13). The van der Waals surface area contributed by atoms with Gasteiger partial charge in [0.05, 0.1) is 10.7 Å². The van der Waals surface area contributed by atoms with Crippen LogP contribution in [0.2, 0.25) is 0 Å². The summed E-state index contributed by atoms with van der Waals surface area (Å²) in [7, 11) is 0. The molecule has 0 aliphatic rings. The van der Waals surface area contributed by atoms with Crippen LogP contribution in [-0.2, 0) is 4.79 Å². The van der Waals surface area contributed by atoms with Gasteiger partial charge < -0.3 is 10.6 Å². The highest BCUT2D eigenvalue weighted by molar-refractivity contribution is 7.99. The van der Waals surface area contributed by atoms with E-state index in [-0.39, 0.29) is 11.8 Å². The van der Waals surface area contributed by atoms with Crippen LogP contribution in [0.1, 0.15) is 13.8 Å². The van der Waals surface area contributed by atoms with Crippen molar-refractivity contribution in [3.8, 4) is 0 Å². The molecule has 0 spiro atoms. The molecule has 1 amide bonds. The van der Waals surface area contributed by atoms with Gasteiger partial charge in [-0.05, 0) is 13.2 Å². The van der Waals surface area contributed by atoms with Gasteiger partial charge in [0.1, 0.15) is 0 Å². The number of rotatable bonds is 6. The van der Waals surface area contributed by atoms with Crippen molar-refractivity contribution in [3.05, 3.63) is 0 Å². The Morgan fingerprint density at radius 1 is 1.64 bits per heavy atom. The third-order valence-electron chi connectivity index (χ3n) is 1.98. The lowest BCUT2D eigenvalue weighted by Crippen LogP contribution is -2.39. The SMILES string of the molecule is CCN(CC(C)C(N)=S)C(=O)CSC.